The lowest BCUT2D eigenvalue weighted by atomic mass is 10.2. The fourth-order valence-corrected chi connectivity index (χ4v) is 3.23. The zero-order valence-corrected chi connectivity index (χ0v) is 12.2. The number of rotatable bonds is 7. The summed E-state index contributed by atoms with van der Waals surface area (Å²) in [6.07, 6.45) is 4.04. The lowest BCUT2D eigenvalue weighted by molar-refractivity contribution is 0.201. The highest BCUT2D eigenvalue weighted by Crippen LogP contribution is 2.33. The molecule has 0 radical (unpaired) electrons. The molecule has 4 heteroatoms. The van der Waals surface area contributed by atoms with Gasteiger partial charge in [-0.25, -0.2) is 4.98 Å². The number of halogens is 1. The van der Waals surface area contributed by atoms with Crippen LogP contribution in [0.3, 0.4) is 0 Å². The molecule has 0 amide bonds. The van der Waals surface area contributed by atoms with E-state index in [1.165, 1.54) is 37.4 Å². The number of hydrogen-bond acceptors (Lipinski definition) is 3. The van der Waals surface area contributed by atoms with Crippen molar-refractivity contribution in [2.24, 2.45) is 5.92 Å². The zero-order chi connectivity index (χ0) is 12.3. The molecule has 1 saturated carbocycles. The first kappa shape index (κ1) is 13.3. The maximum Gasteiger partial charge on any atom is 0.110 e. The van der Waals surface area contributed by atoms with E-state index in [0.29, 0.717) is 11.9 Å². The molecule has 0 bridgehead atoms. The molecule has 1 unspecified atom stereocenters. The van der Waals surface area contributed by atoms with Gasteiger partial charge in [0.05, 0.1) is 17.6 Å². The van der Waals surface area contributed by atoms with Crippen LogP contribution in [0.1, 0.15) is 49.9 Å². The third-order valence-electron chi connectivity index (χ3n) is 3.31. The lowest BCUT2D eigenvalue weighted by Crippen LogP contribution is -2.30. The molecule has 1 heterocycles. The monoisotopic (exact) mass is 272 g/mol. The van der Waals surface area contributed by atoms with Crippen LogP contribution in [0, 0.1) is 5.92 Å². The molecule has 1 atom stereocenters. The van der Waals surface area contributed by atoms with Gasteiger partial charge in [0.2, 0.25) is 0 Å². The van der Waals surface area contributed by atoms with Crippen LogP contribution in [0.2, 0.25) is 0 Å². The SMILES string of the molecule is CCCN(CC1CC1)C(C)c1nc(CCl)cs1. The predicted octanol–water partition coefficient (Wildman–Crippen LogP) is 4.06. The highest BCUT2D eigenvalue weighted by atomic mass is 35.5. The second-order valence-corrected chi connectivity index (χ2v) is 6.08. The minimum Gasteiger partial charge on any atom is -0.294 e. The van der Waals surface area contributed by atoms with Gasteiger partial charge in [0, 0.05) is 11.9 Å². The van der Waals surface area contributed by atoms with Crippen molar-refractivity contribution in [3.05, 3.63) is 16.1 Å². The van der Waals surface area contributed by atoms with Crippen molar-refractivity contribution in [3.63, 3.8) is 0 Å². The Morgan fingerprint density at radius 2 is 2.35 bits per heavy atom. The molecule has 1 aliphatic carbocycles. The van der Waals surface area contributed by atoms with E-state index in [2.05, 4.69) is 29.1 Å². The average Bonchev–Trinajstić information content (AvgIpc) is 3.02. The summed E-state index contributed by atoms with van der Waals surface area (Å²) in [7, 11) is 0. The summed E-state index contributed by atoms with van der Waals surface area (Å²) in [5, 5.41) is 3.30. The Hall–Kier alpha value is -0.120. The summed E-state index contributed by atoms with van der Waals surface area (Å²) in [5.41, 5.74) is 1.02. The molecule has 1 aromatic rings. The first-order valence-electron chi connectivity index (χ1n) is 6.49. The molecule has 0 aliphatic heterocycles. The topological polar surface area (TPSA) is 16.1 Å². The molecular weight excluding hydrogens is 252 g/mol. The quantitative estimate of drug-likeness (QED) is 0.696. The average molecular weight is 273 g/mol. The Kier molecular flexibility index (Phi) is 4.83. The van der Waals surface area contributed by atoms with Gasteiger partial charge < -0.3 is 0 Å². The Bertz CT molecular complexity index is 349. The molecule has 17 heavy (non-hydrogen) atoms. The van der Waals surface area contributed by atoms with Crippen LogP contribution in [-0.4, -0.2) is 23.0 Å². The summed E-state index contributed by atoms with van der Waals surface area (Å²) in [6.45, 7) is 6.94. The molecule has 0 saturated heterocycles. The number of thiazole rings is 1. The van der Waals surface area contributed by atoms with Gasteiger partial charge in [-0.15, -0.1) is 22.9 Å². The van der Waals surface area contributed by atoms with Gasteiger partial charge >= 0.3 is 0 Å². The van der Waals surface area contributed by atoms with Crippen molar-refractivity contribution in [2.45, 2.75) is 45.0 Å². The number of nitrogens with zero attached hydrogens (tertiary/aromatic N) is 2. The van der Waals surface area contributed by atoms with Crippen LogP contribution in [0.15, 0.2) is 5.38 Å². The van der Waals surface area contributed by atoms with Crippen LogP contribution >= 0.6 is 22.9 Å². The van der Waals surface area contributed by atoms with E-state index in [0.717, 1.165) is 11.6 Å². The fraction of sp³-hybridized carbons (Fsp3) is 0.769. The molecule has 0 spiro atoms. The van der Waals surface area contributed by atoms with E-state index in [9.17, 15) is 0 Å². The van der Waals surface area contributed by atoms with E-state index < -0.39 is 0 Å². The van der Waals surface area contributed by atoms with Crippen molar-refractivity contribution in [1.29, 1.82) is 0 Å². The fourth-order valence-electron chi connectivity index (χ4n) is 2.09. The van der Waals surface area contributed by atoms with E-state index in [1.807, 2.05) is 0 Å². The summed E-state index contributed by atoms with van der Waals surface area (Å²) in [5.74, 6) is 1.47. The van der Waals surface area contributed by atoms with E-state index in [1.54, 1.807) is 11.3 Å². The van der Waals surface area contributed by atoms with Crippen molar-refractivity contribution in [2.75, 3.05) is 13.1 Å². The highest BCUT2D eigenvalue weighted by molar-refractivity contribution is 7.09. The van der Waals surface area contributed by atoms with Gasteiger partial charge in [0.1, 0.15) is 5.01 Å². The van der Waals surface area contributed by atoms with Gasteiger partial charge in [0.25, 0.3) is 0 Å². The summed E-state index contributed by atoms with van der Waals surface area (Å²) in [4.78, 5) is 7.18. The minimum atomic E-state index is 0.442. The molecule has 2 nitrogen and oxygen atoms in total. The van der Waals surface area contributed by atoms with Crippen LogP contribution in [0.4, 0.5) is 0 Å². The number of alkyl halides is 1. The summed E-state index contributed by atoms with van der Waals surface area (Å²) in [6, 6.07) is 0.442. The van der Waals surface area contributed by atoms with Gasteiger partial charge in [-0.1, -0.05) is 6.92 Å². The molecule has 2 rings (SSSR count). The Morgan fingerprint density at radius 1 is 1.59 bits per heavy atom. The van der Waals surface area contributed by atoms with Gasteiger partial charge in [-0.2, -0.15) is 0 Å². The van der Waals surface area contributed by atoms with E-state index in [-0.39, 0.29) is 0 Å². The predicted molar refractivity (Wildman–Crippen MR) is 74.7 cm³/mol. The maximum atomic E-state index is 5.81. The molecule has 1 fully saturated rings. The highest BCUT2D eigenvalue weighted by Gasteiger charge is 2.27. The van der Waals surface area contributed by atoms with Crippen LogP contribution in [0.5, 0.6) is 0 Å². The van der Waals surface area contributed by atoms with Crippen molar-refractivity contribution >= 4 is 22.9 Å². The van der Waals surface area contributed by atoms with Crippen molar-refractivity contribution in [1.82, 2.24) is 9.88 Å². The third-order valence-corrected chi connectivity index (χ3v) is 4.65. The second-order valence-electron chi connectivity index (χ2n) is 4.92. The lowest BCUT2D eigenvalue weighted by Gasteiger charge is -2.27. The molecule has 0 N–H and O–H groups in total. The molecule has 1 aromatic heterocycles. The minimum absolute atomic E-state index is 0.442. The van der Waals surface area contributed by atoms with Crippen LogP contribution in [-0.2, 0) is 5.88 Å². The second kappa shape index (κ2) is 6.17. The Balaban J connectivity index is 2.00. The van der Waals surface area contributed by atoms with Gasteiger partial charge in [0.15, 0.2) is 0 Å². The first-order valence-corrected chi connectivity index (χ1v) is 7.90. The number of aromatic nitrogens is 1. The van der Waals surface area contributed by atoms with E-state index in [4.69, 9.17) is 11.6 Å². The maximum absolute atomic E-state index is 5.81. The summed E-state index contributed by atoms with van der Waals surface area (Å²) < 4.78 is 0. The smallest absolute Gasteiger partial charge is 0.110 e. The molecule has 96 valence electrons. The third kappa shape index (κ3) is 3.67. The molecular formula is C13H21ClN2S. The van der Waals surface area contributed by atoms with Crippen molar-refractivity contribution < 1.29 is 0 Å². The first-order chi connectivity index (χ1) is 8.24. The Morgan fingerprint density at radius 3 is 2.88 bits per heavy atom. The standard InChI is InChI=1S/C13H21ClN2S/c1-3-6-16(8-11-4-5-11)10(2)13-15-12(7-14)9-17-13/h9-11H,3-8H2,1-2H3. The van der Waals surface area contributed by atoms with Crippen LogP contribution in [0.25, 0.3) is 0 Å². The molecule has 1 aliphatic rings. The summed E-state index contributed by atoms with van der Waals surface area (Å²) >= 11 is 7.56. The number of hydrogen-bond donors (Lipinski definition) is 0. The molecule has 0 aromatic carbocycles. The zero-order valence-electron chi connectivity index (χ0n) is 10.7. The van der Waals surface area contributed by atoms with Crippen molar-refractivity contribution in [3.8, 4) is 0 Å². The van der Waals surface area contributed by atoms with Gasteiger partial charge in [-0.3, -0.25) is 4.90 Å². The largest absolute Gasteiger partial charge is 0.294 e. The van der Waals surface area contributed by atoms with E-state index >= 15 is 0 Å². The Labute approximate surface area is 113 Å². The van der Waals surface area contributed by atoms with Gasteiger partial charge in [-0.05, 0) is 38.6 Å². The van der Waals surface area contributed by atoms with Crippen LogP contribution < -0.4 is 0 Å². The normalized spacial score (nSPS) is 17.6.